The summed E-state index contributed by atoms with van der Waals surface area (Å²) in [5.41, 5.74) is 5.66. The van der Waals surface area contributed by atoms with Gasteiger partial charge < -0.3 is 11.1 Å². The minimum absolute atomic E-state index is 0.0318. The minimum atomic E-state index is -0.368. The lowest BCUT2D eigenvalue weighted by atomic mass is 10.0. The first-order chi connectivity index (χ1) is 5.95. The van der Waals surface area contributed by atoms with Crippen LogP contribution in [-0.2, 0) is 4.79 Å². The third-order valence-electron chi connectivity index (χ3n) is 2.04. The van der Waals surface area contributed by atoms with Crippen molar-refractivity contribution in [1.29, 1.82) is 0 Å². The molecule has 0 aliphatic heterocycles. The van der Waals surface area contributed by atoms with E-state index in [1.165, 1.54) is 0 Å². The molecular weight excluding hydrogens is 164 g/mol. The second-order valence-corrected chi connectivity index (χ2v) is 4.24. The number of hydrogen-bond donors (Lipinski definition) is 2. The van der Waals surface area contributed by atoms with Crippen LogP contribution in [-0.4, -0.2) is 18.5 Å². The van der Waals surface area contributed by atoms with Gasteiger partial charge in [-0.1, -0.05) is 27.7 Å². The van der Waals surface area contributed by atoms with Crippen molar-refractivity contribution < 1.29 is 4.79 Å². The lowest BCUT2D eigenvalue weighted by Gasteiger charge is -2.15. The smallest absolute Gasteiger partial charge is 0.237 e. The Balaban J connectivity index is 3.62. The Morgan fingerprint density at radius 2 is 1.85 bits per heavy atom. The van der Waals surface area contributed by atoms with Gasteiger partial charge in [0.05, 0.1) is 6.04 Å². The van der Waals surface area contributed by atoms with E-state index in [1.54, 1.807) is 0 Å². The Morgan fingerprint density at radius 1 is 1.31 bits per heavy atom. The number of nitrogens with one attached hydrogen (secondary N) is 1. The van der Waals surface area contributed by atoms with E-state index in [-0.39, 0.29) is 17.9 Å². The van der Waals surface area contributed by atoms with Crippen LogP contribution in [0.3, 0.4) is 0 Å². The van der Waals surface area contributed by atoms with Crippen LogP contribution < -0.4 is 11.1 Å². The van der Waals surface area contributed by atoms with E-state index < -0.39 is 0 Å². The summed E-state index contributed by atoms with van der Waals surface area (Å²) in [6.07, 6.45) is 1.01. The molecule has 0 aliphatic carbocycles. The monoisotopic (exact) mass is 186 g/mol. The summed E-state index contributed by atoms with van der Waals surface area (Å²) in [6, 6.07) is -0.368. The summed E-state index contributed by atoms with van der Waals surface area (Å²) in [5, 5.41) is 2.83. The van der Waals surface area contributed by atoms with Crippen LogP contribution in [0.2, 0.25) is 0 Å². The first-order valence-corrected chi connectivity index (χ1v) is 4.98. The highest BCUT2D eigenvalue weighted by Crippen LogP contribution is 1.99. The summed E-state index contributed by atoms with van der Waals surface area (Å²) in [4.78, 5) is 11.3. The lowest BCUT2D eigenvalue weighted by Crippen LogP contribution is -2.44. The highest BCUT2D eigenvalue weighted by molar-refractivity contribution is 5.81. The number of nitrogens with two attached hydrogens (primary N) is 1. The van der Waals surface area contributed by atoms with Crippen LogP contribution in [0.15, 0.2) is 0 Å². The first kappa shape index (κ1) is 12.4. The number of carbonyl (C=O) groups excluding carboxylic acids is 1. The van der Waals surface area contributed by atoms with Crippen molar-refractivity contribution in [3.05, 3.63) is 0 Å². The number of hydrogen-bond acceptors (Lipinski definition) is 2. The predicted molar refractivity (Wildman–Crippen MR) is 55.3 cm³/mol. The fraction of sp³-hybridized carbons (Fsp3) is 0.900. The predicted octanol–water partition coefficient (Wildman–Crippen LogP) is 1.13. The van der Waals surface area contributed by atoms with Gasteiger partial charge in [-0.3, -0.25) is 4.79 Å². The largest absolute Gasteiger partial charge is 0.355 e. The van der Waals surface area contributed by atoms with Crippen LogP contribution >= 0.6 is 0 Å². The van der Waals surface area contributed by atoms with Gasteiger partial charge in [-0.05, 0) is 18.3 Å². The van der Waals surface area contributed by atoms with Crippen LogP contribution in [0.5, 0.6) is 0 Å². The van der Waals surface area contributed by atoms with Crippen molar-refractivity contribution in [2.24, 2.45) is 17.6 Å². The van der Waals surface area contributed by atoms with Crippen molar-refractivity contribution >= 4 is 5.91 Å². The van der Waals surface area contributed by atoms with Crippen LogP contribution in [0.25, 0.3) is 0 Å². The zero-order valence-corrected chi connectivity index (χ0v) is 9.13. The second-order valence-electron chi connectivity index (χ2n) is 4.24. The van der Waals surface area contributed by atoms with Gasteiger partial charge in [0.25, 0.3) is 0 Å². The molecule has 0 aromatic rings. The second kappa shape index (κ2) is 5.97. The van der Waals surface area contributed by atoms with Crippen LogP contribution in [0.4, 0.5) is 0 Å². The van der Waals surface area contributed by atoms with Crippen molar-refractivity contribution in [2.45, 2.75) is 40.2 Å². The molecule has 0 spiro atoms. The van der Waals surface area contributed by atoms with Crippen LogP contribution in [0.1, 0.15) is 34.1 Å². The van der Waals surface area contributed by atoms with Gasteiger partial charge in [-0.25, -0.2) is 0 Å². The summed E-state index contributed by atoms with van der Waals surface area (Å²) in [5.74, 6) is 0.797. The highest BCUT2D eigenvalue weighted by Gasteiger charge is 2.16. The van der Waals surface area contributed by atoms with E-state index in [0.717, 1.165) is 13.0 Å². The Hall–Kier alpha value is -0.570. The molecule has 0 aromatic heterocycles. The minimum Gasteiger partial charge on any atom is -0.355 e. The van der Waals surface area contributed by atoms with E-state index in [4.69, 9.17) is 5.73 Å². The normalized spacial score (nSPS) is 13.5. The molecule has 0 aromatic carbocycles. The van der Waals surface area contributed by atoms with E-state index in [0.29, 0.717) is 5.92 Å². The van der Waals surface area contributed by atoms with E-state index in [1.807, 2.05) is 13.8 Å². The number of carbonyl (C=O) groups is 1. The number of amides is 1. The standard InChI is InChI=1S/C10H22N2O/c1-7(2)5-6-12-10(13)9(11)8(3)4/h7-9H,5-6,11H2,1-4H3,(H,12,13). The number of rotatable bonds is 5. The topological polar surface area (TPSA) is 55.1 Å². The zero-order chi connectivity index (χ0) is 10.4. The molecule has 1 unspecified atom stereocenters. The van der Waals surface area contributed by atoms with Crippen molar-refractivity contribution in [1.82, 2.24) is 5.32 Å². The molecule has 78 valence electrons. The van der Waals surface area contributed by atoms with Gasteiger partial charge in [0.2, 0.25) is 5.91 Å². The molecule has 0 aliphatic rings. The molecule has 0 fully saturated rings. The molecule has 0 saturated heterocycles. The average Bonchev–Trinajstić information content (AvgIpc) is 2.02. The van der Waals surface area contributed by atoms with Crippen molar-refractivity contribution in [3.8, 4) is 0 Å². The van der Waals surface area contributed by atoms with Crippen molar-refractivity contribution in [3.63, 3.8) is 0 Å². The summed E-state index contributed by atoms with van der Waals surface area (Å²) >= 11 is 0. The molecule has 3 heteroatoms. The van der Waals surface area contributed by atoms with Gasteiger partial charge in [0.15, 0.2) is 0 Å². The first-order valence-electron chi connectivity index (χ1n) is 4.98. The molecule has 0 bridgehead atoms. The molecule has 0 rings (SSSR count). The molecule has 3 N–H and O–H groups in total. The van der Waals surface area contributed by atoms with Gasteiger partial charge in [-0.2, -0.15) is 0 Å². The molecule has 0 saturated carbocycles. The Labute approximate surface area is 81.1 Å². The SMILES string of the molecule is CC(C)CCNC(=O)C(N)C(C)C. The maximum atomic E-state index is 11.3. The molecular formula is C10H22N2O. The van der Waals surface area contributed by atoms with Gasteiger partial charge in [-0.15, -0.1) is 0 Å². The maximum absolute atomic E-state index is 11.3. The Kier molecular flexibility index (Phi) is 5.71. The molecule has 3 nitrogen and oxygen atoms in total. The molecule has 13 heavy (non-hydrogen) atoms. The third kappa shape index (κ3) is 5.64. The highest BCUT2D eigenvalue weighted by atomic mass is 16.2. The quantitative estimate of drug-likeness (QED) is 0.676. The fourth-order valence-corrected chi connectivity index (χ4v) is 0.905. The summed E-state index contributed by atoms with van der Waals surface area (Å²) < 4.78 is 0. The van der Waals surface area contributed by atoms with Crippen LogP contribution in [0, 0.1) is 11.8 Å². The molecule has 0 heterocycles. The van der Waals surface area contributed by atoms with E-state index in [2.05, 4.69) is 19.2 Å². The Bertz CT molecular complexity index is 155. The average molecular weight is 186 g/mol. The van der Waals surface area contributed by atoms with Gasteiger partial charge in [0, 0.05) is 6.54 Å². The molecule has 0 radical (unpaired) electrons. The summed E-state index contributed by atoms with van der Waals surface area (Å²) in [7, 11) is 0. The van der Waals surface area contributed by atoms with E-state index in [9.17, 15) is 4.79 Å². The molecule has 1 amide bonds. The zero-order valence-electron chi connectivity index (χ0n) is 9.13. The van der Waals surface area contributed by atoms with E-state index >= 15 is 0 Å². The Morgan fingerprint density at radius 3 is 2.23 bits per heavy atom. The van der Waals surface area contributed by atoms with Gasteiger partial charge >= 0.3 is 0 Å². The van der Waals surface area contributed by atoms with Crippen molar-refractivity contribution in [2.75, 3.05) is 6.54 Å². The van der Waals surface area contributed by atoms with Gasteiger partial charge in [0.1, 0.15) is 0 Å². The molecule has 1 atom stereocenters. The summed E-state index contributed by atoms with van der Waals surface area (Å²) in [6.45, 7) is 8.90. The maximum Gasteiger partial charge on any atom is 0.237 e. The third-order valence-corrected chi connectivity index (χ3v) is 2.04. The fourth-order valence-electron chi connectivity index (χ4n) is 0.905. The lowest BCUT2D eigenvalue weighted by molar-refractivity contribution is -0.123.